The zero-order valence-electron chi connectivity index (χ0n) is 8.15. The number of rotatable bonds is 2. The molecule has 15 heavy (non-hydrogen) atoms. The Morgan fingerprint density at radius 1 is 0.933 bits per heavy atom. The van der Waals surface area contributed by atoms with Crippen LogP contribution in [0.2, 0.25) is 0 Å². The Balaban J connectivity index is 2.29. The van der Waals surface area contributed by atoms with E-state index in [4.69, 9.17) is 0 Å². The molecule has 2 aromatic rings. The maximum atomic E-state index is 13.4. The first-order valence-electron chi connectivity index (χ1n) is 4.77. The molecule has 0 bridgehead atoms. The van der Waals surface area contributed by atoms with Gasteiger partial charge >= 0.3 is 0 Å². The van der Waals surface area contributed by atoms with Crippen LogP contribution in [0.1, 0.15) is 11.1 Å². The number of hydrogen-bond acceptors (Lipinski definition) is 1. The predicted octanol–water partition coefficient (Wildman–Crippen LogP) is 3.12. The summed E-state index contributed by atoms with van der Waals surface area (Å²) in [6, 6.07) is 14.3. The van der Waals surface area contributed by atoms with E-state index in [0.717, 1.165) is 5.56 Å². The van der Waals surface area contributed by atoms with E-state index in [0.29, 0.717) is 12.0 Å². The Kier molecular flexibility index (Phi) is 2.68. The Bertz CT molecular complexity index is 451. The second kappa shape index (κ2) is 4.13. The fraction of sp³-hybridized carbons (Fsp3) is 0.0769. The topological polar surface area (TPSA) is 20.2 Å². The van der Waals surface area contributed by atoms with Crippen LogP contribution in [-0.4, -0.2) is 5.11 Å². The summed E-state index contributed by atoms with van der Waals surface area (Å²) in [7, 11) is 0. The summed E-state index contributed by atoms with van der Waals surface area (Å²) in [5.41, 5.74) is 1.54. The molecule has 2 aromatic carbocycles. The molecule has 0 aliphatic heterocycles. The van der Waals surface area contributed by atoms with Gasteiger partial charge in [-0.05, 0) is 17.2 Å². The molecule has 0 aliphatic rings. The molecule has 0 saturated carbocycles. The lowest BCUT2D eigenvalue weighted by molar-refractivity contribution is 0.429. The van der Waals surface area contributed by atoms with Crippen LogP contribution in [0.5, 0.6) is 5.75 Å². The summed E-state index contributed by atoms with van der Waals surface area (Å²) in [5.74, 6) is -0.815. The summed E-state index contributed by atoms with van der Waals surface area (Å²) in [5, 5.41) is 9.20. The summed E-state index contributed by atoms with van der Waals surface area (Å²) in [6.45, 7) is 0. The van der Waals surface area contributed by atoms with Crippen LogP contribution in [0, 0.1) is 5.82 Å². The molecular weight excluding hydrogens is 191 g/mol. The first-order valence-corrected chi connectivity index (χ1v) is 4.77. The van der Waals surface area contributed by atoms with Crippen molar-refractivity contribution in [2.45, 2.75) is 6.42 Å². The summed E-state index contributed by atoms with van der Waals surface area (Å²) < 4.78 is 13.4. The molecule has 76 valence electrons. The van der Waals surface area contributed by atoms with Gasteiger partial charge in [-0.3, -0.25) is 0 Å². The van der Waals surface area contributed by atoms with E-state index in [2.05, 4.69) is 0 Å². The lowest BCUT2D eigenvalue weighted by Crippen LogP contribution is -1.92. The molecule has 2 rings (SSSR count). The van der Waals surface area contributed by atoms with Crippen molar-refractivity contribution in [1.82, 2.24) is 0 Å². The Labute approximate surface area is 87.8 Å². The molecule has 0 fully saturated rings. The molecule has 0 heterocycles. The highest BCUT2D eigenvalue weighted by Crippen LogP contribution is 2.20. The molecule has 2 heteroatoms. The Morgan fingerprint density at radius 2 is 1.67 bits per heavy atom. The SMILES string of the molecule is Oc1cccc(Cc2ccccc2)c1F. The smallest absolute Gasteiger partial charge is 0.168 e. The van der Waals surface area contributed by atoms with Gasteiger partial charge in [-0.2, -0.15) is 0 Å². The fourth-order valence-electron chi connectivity index (χ4n) is 1.52. The van der Waals surface area contributed by atoms with Gasteiger partial charge in [-0.1, -0.05) is 42.5 Å². The largest absolute Gasteiger partial charge is 0.505 e. The van der Waals surface area contributed by atoms with Gasteiger partial charge in [0.25, 0.3) is 0 Å². The zero-order valence-corrected chi connectivity index (χ0v) is 8.15. The van der Waals surface area contributed by atoms with Crippen molar-refractivity contribution in [2.75, 3.05) is 0 Å². The first-order chi connectivity index (χ1) is 7.27. The second-order valence-corrected chi connectivity index (χ2v) is 3.41. The average molecular weight is 202 g/mol. The fourth-order valence-corrected chi connectivity index (χ4v) is 1.52. The molecule has 1 N–H and O–H groups in total. The van der Waals surface area contributed by atoms with E-state index >= 15 is 0 Å². The van der Waals surface area contributed by atoms with E-state index in [9.17, 15) is 9.50 Å². The third-order valence-electron chi connectivity index (χ3n) is 2.30. The minimum absolute atomic E-state index is 0.288. The molecule has 0 unspecified atom stereocenters. The van der Waals surface area contributed by atoms with Crippen LogP contribution in [0.3, 0.4) is 0 Å². The van der Waals surface area contributed by atoms with Crippen LogP contribution < -0.4 is 0 Å². The van der Waals surface area contributed by atoms with E-state index in [1.54, 1.807) is 12.1 Å². The minimum atomic E-state index is -0.527. The molecule has 1 nitrogen and oxygen atoms in total. The van der Waals surface area contributed by atoms with Crippen LogP contribution in [0.4, 0.5) is 4.39 Å². The summed E-state index contributed by atoms with van der Waals surface area (Å²) in [4.78, 5) is 0. The Morgan fingerprint density at radius 3 is 2.40 bits per heavy atom. The minimum Gasteiger partial charge on any atom is -0.505 e. The highest BCUT2D eigenvalue weighted by Gasteiger charge is 2.06. The normalized spacial score (nSPS) is 10.2. The van der Waals surface area contributed by atoms with Gasteiger partial charge in [0.1, 0.15) is 0 Å². The van der Waals surface area contributed by atoms with Gasteiger partial charge in [0.2, 0.25) is 0 Å². The summed E-state index contributed by atoms with van der Waals surface area (Å²) >= 11 is 0. The monoisotopic (exact) mass is 202 g/mol. The van der Waals surface area contributed by atoms with E-state index in [1.165, 1.54) is 6.07 Å². The number of benzene rings is 2. The van der Waals surface area contributed by atoms with Crippen LogP contribution in [0.15, 0.2) is 48.5 Å². The van der Waals surface area contributed by atoms with Crippen LogP contribution >= 0.6 is 0 Å². The Hall–Kier alpha value is -1.83. The standard InChI is InChI=1S/C13H11FO/c14-13-11(7-4-8-12(13)15)9-10-5-2-1-3-6-10/h1-8,15H,9H2. The molecule has 0 amide bonds. The van der Waals surface area contributed by atoms with Crippen molar-refractivity contribution in [3.05, 3.63) is 65.5 Å². The van der Waals surface area contributed by atoms with Gasteiger partial charge in [0.15, 0.2) is 11.6 Å². The maximum Gasteiger partial charge on any atom is 0.168 e. The number of phenolic OH excluding ortho intramolecular Hbond substituents is 1. The number of aromatic hydroxyl groups is 1. The average Bonchev–Trinajstić information content (AvgIpc) is 2.26. The van der Waals surface area contributed by atoms with Gasteiger partial charge in [0, 0.05) is 6.42 Å². The van der Waals surface area contributed by atoms with E-state index in [-0.39, 0.29) is 5.75 Å². The number of halogens is 1. The number of hydrogen-bond donors (Lipinski definition) is 1. The molecule has 0 saturated heterocycles. The first kappa shape index (κ1) is 9.71. The van der Waals surface area contributed by atoms with Crippen molar-refractivity contribution in [1.29, 1.82) is 0 Å². The molecule has 0 radical (unpaired) electrons. The molecule has 0 atom stereocenters. The molecule has 0 aliphatic carbocycles. The van der Waals surface area contributed by atoms with Crippen LogP contribution in [0.25, 0.3) is 0 Å². The van der Waals surface area contributed by atoms with Crippen molar-refractivity contribution in [2.24, 2.45) is 0 Å². The molecule has 0 aromatic heterocycles. The van der Waals surface area contributed by atoms with Gasteiger partial charge in [-0.25, -0.2) is 4.39 Å². The van der Waals surface area contributed by atoms with Crippen molar-refractivity contribution in [3.8, 4) is 5.75 Å². The van der Waals surface area contributed by atoms with Gasteiger partial charge in [-0.15, -0.1) is 0 Å². The predicted molar refractivity (Wildman–Crippen MR) is 57.3 cm³/mol. The quantitative estimate of drug-likeness (QED) is 0.793. The van der Waals surface area contributed by atoms with E-state index in [1.807, 2.05) is 30.3 Å². The highest BCUT2D eigenvalue weighted by molar-refractivity contribution is 5.33. The van der Waals surface area contributed by atoms with Crippen molar-refractivity contribution >= 4 is 0 Å². The van der Waals surface area contributed by atoms with Crippen molar-refractivity contribution in [3.63, 3.8) is 0 Å². The summed E-state index contributed by atoms with van der Waals surface area (Å²) in [6.07, 6.45) is 0.501. The van der Waals surface area contributed by atoms with Crippen molar-refractivity contribution < 1.29 is 9.50 Å². The lowest BCUT2D eigenvalue weighted by atomic mass is 10.0. The highest BCUT2D eigenvalue weighted by atomic mass is 19.1. The van der Waals surface area contributed by atoms with E-state index < -0.39 is 5.82 Å². The lowest BCUT2D eigenvalue weighted by Gasteiger charge is -2.04. The van der Waals surface area contributed by atoms with Gasteiger partial charge in [0.05, 0.1) is 0 Å². The van der Waals surface area contributed by atoms with Crippen LogP contribution in [-0.2, 0) is 6.42 Å². The molecular formula is C13H11FO. The maximum absolute atomic E-state index is 13.4. The number of phenols is 1. The zero-order chi connectivity index (χ0) is 10.7. The third kappa shape index (κ3) is 2.15. The third-order valence-corrected chi connectivity index (χ3v) is 2.30. The van der Waals surface area contributed by atoms with Gasteiger partial charge < -0.3 is 5.11 Å². The second-order valence-electron chi connectivity index (χ2n) is 3.41. The molecule has 0 spiro atoms.